The molecule has 1 aliphatic rings. The van der Waals surface area contributed by atoms with Crippen LogP contribution in [0.25, 0.3) is 0 Å². The molecule has 4 nitrogen and oxygen atoms in total. The Morgan fingerprint density at radius 3 is 3.10 bits per heavy atom. The van der Waals surface area contributed by atoms with Gasteiger partial charge in [-0.1, -0.05) is 0 Å². The highest BCUT2D eigenvalue weighted by atomic mass is 35.5. The summed E-state index contributed by atoms with van der Waals surface area (Å²) in [5, 5.41) is 2.91. The Labute approximate surface area is 124 Å². The Balaban J connectivity index is 1.75. The van der Waals surface area contributed by atoms with Crippen LogP contribution in [-0.2, 0) is 11.2 Å². The molecule has 1 heterocycles. The fraction of sp³-hybridized carbons (Fsp3) is 0.533. The Morgan fingerprint density at radius 1 is 1.50 bits per heavy atom. The number of hydrogen-bond donors (Lipinski definition) is 1. The maximum atomic E-state index is 11.6. The molecule has 5 heteroatoms. The number of fused-ring (bicyclic) bond motifs is 1. The van der Waals surface area contributed by atoms with E-state index in [-0.39, 0.29) is 12.0 Å². The fourth-order valence-corrected chi connectivity index (χ4v) is 2.42. The van der Waals surface area contributed by atoms with E-state index in [4.69, 9.17) is 21.1 Å². The number of ether oxygens (including phenoxy) is 2. The Hall–Kier alpha value is -1.42. The maximum absolute atomic E-state index is 11.6. The van der Waals surface area contributed by atoms with Crippen LogP contribution in [0, 0.1) is 0 Å². The van der Waals surface area contributed by atoms with Crippen molar-refractivity contribution in [2.24, 2.45) is 0 Å². The van der Waals surface area contributed by atoms with E-state index in [2.05, 4.69) is 5.32 Å². The smallest absolute Gasteiger partial charge is 0.220 e. The average Bonchev–Trinajstić information content (AvgIpc) is 2.87. The van der Waals surface area contributed by atoms with E-state index >= 15 is 0 Å². The highest BCUT2D eigenvalue weighted by Gasteiger charge is 2.23. The number of unbranched alkanes of at least 4 members (excludes halogenated alkanes) is 1. The van der Waals surface area contributed by atoms with Crippen LogP contribution >= 0.6 is 11.6 Å². The number of benzene rings is 1. The highest BCUT2D eigenvalue weighted by molar-refractivity contribution is 6.17. The quantitative estimate of drug-likeness (QED) is 0.621. The summed E-state index contributed by atoms with van der Waals surface area (Å²) in [5.74, 6) is 2.38. The summed E-state index contributed by atoms with van der Waals surface area (Å²) in [4.78, 5) is 11.6. The molecule has 1 aromatic rings. The SMILES string of the molecule is COc1ccc2c(c1)CC(CNC(=O)CCCCCl)O2. The lowest BCUT2D eigenvalue weighted by Gasteiger charge is -2.11. The van der Waals surface area contributed by atoms with Crippen molar-refractivity contribution in [3.63, 3.8) is 0 Å². The number of alkyl halides is 1. The topological polar surface area (TPSA) is 47.6 Å². The molecule has 0 spiro atoms. The van der Waals surface area contributed by atoms with Crippen molar-refractivity contribution in [2.75, 3.05) is 19.5 Å². The van der Waals surface area contributed by atoms with Gasteiger partial charge in [0.2, 0.25) is 5.91 Å². The zero-order valence-corrected chi connectivity index (χ0v) is 12.4. The van der Waals surface area contributed by atoms with Gasteiger partial charge in [0.05, 0.1) is 13.7 Å². The summed E-state index contributed by atoms with van der Waals surface area (Å²) >= 11 is 5.58. The molecule has 1 amide bonds. The summed E-state index contributed by atoms with van der Waals surface area (Å²) in [6.07, 6.45) is 3.04. The van der Waals surface area contributed by atoms with Gasteiger partial charge in [0.1, 0.15) is 17.6 Å². The second-order valence-electron chi connectivity index (χ2n) is 4.87. The molecule has 0 aromatic heterocycles. The minimum Gasteiger partial charge on any atom is -0.497 e. The van der Waals surface area contributed by atoms with Gasteiger partial charge < -0.3 is 14.8 Å². The van der Waals surface area contributed by atoms with Crippen molar-refractivity contribution in [1.82, 2.24) is 5.32 Å². The third-order valence-electron chi connectivity index (χ3n) is 3.32. The van der Waals surface area contributed by atoms with Crippen molar-refractivity contribution in [3.05, 3.63) is 23.8 Å². The van der Waals surface area contributed by atoms with E-state index < -0.39 is 0 Å². The Kier molecular flexibility index (Phi) is 5.53. The molecular weight excluding hydrogens is 278 g/mol. The molecule has 110 valence electrons. The summed E-state index contributed by atoms with van der Waals surface area (Å²) in [6.45, 7) is 0.538. The summed E-state index contributed by atoms with van der Waals surface area (Å²) in [7, 11) is 1.65. The largest absolute Gasteiger partial charge is 0.497 e. The van der Waals surface area contributed by atoms with Crippen molar-refractivity contribution in [3.8, 4) is 11.5 Å². The molecule has 0 saturated heterocycles. The van der Waals surface area contributed by atoms with Crippen molar-refractivity contribution < 1.29 is 14.3 Å². The molecule has 1 unspecified atom stereocenters. The zero-order valence-electron chi connectivity index (χ0n) is 11.7. The van der Waals surface area contributed by atoms with Crippen LogP contribution in [0.3, 0.4) is 0 Å². The molecule has 0 saturated carbocycles. The van der Waals surface area contributed by atoms with Gasteiger partial charge in [-0.15, -0.1) is 11.6 Å². The maximum Gasteiger partial charge on any atom is 0.220 e. The van der Waals surface area contributed by atoms with Crippen LogP contribution < -0.4 is 14.8 Å². The standard InChI is InChI=1S/C15H20ClNO3/c1-19-12-5-6-14-11(8-12)9-13(20-14)10-17-15(18)4-2-3-7-16/h5-6,8,13H,2-4,7,9-10H2,1H3,(H,17,18). The number of carbonyl (C=O) groups excluding carboxylic acids is 1. The van der Waals surface area contributed by atoms with Gasteiger partial charge >= 0.3 is 0 Å². The van der Waals surface area contributed by atoms with Gasteiger partial charge in [-0.25, -0.2) is 0 Å². The molecule has 0 fully saturated rings. The van der Waals surface area contributed by atoms with Crippen molar-refractivity contribution in [2.45, 2.75) is 31.8 Å². The van der Waals surface area contributed by atoms with Gasteiger partial charge in [0.25, 0.3) is 0 Å². The number of carbonyl (C=O) groups is 1. The first-order valence-electron chi connectivity index (χ1n) is 6.89. The van der Waals surface area contributed by atoms with Gasteiger partial charge in [0, 0.05) is 24.3 Å². The zero-order chi connectivity index (χ0) is 14.4. The van der Waals surface area contributed by atoms with Gasteiger partial charge in [-0.2, -0.15) is 0 Å². The number of halogens is 1. The molecule has 20 heavy (non-hydrogen) atoms. The van der Waals surface area contributed by atoms with Crippen molar-refractivity contribution in [1.29, 1.82) is 0 Å². The number of rotatable bonds is 7. The highest BCUT2D eigenvalue weighted by Crippen LogP contribution is 2.31. The lowest BCUT2D eigenvalue weighted by Crippen LogP contribution is -2.34. The summed E-state index contributed by atoms with van der Waals surface area (Å²) < 4.78 is 11.0. The number of amides is 1. The second kappa shape index (κ2) is 7.39. The second-order valence-corrected chi connectivity index (χ2v) is 5.25. The third kappa shape index (κ3) is 4.04. The third-order valence-corrected chi connectivity index (χ3v) is 3.59. The first kappa shape index (κ1) is 15.0. The normalized spacial score (nSPS) is 16.4. The van der Waals surface area contributed by atoms with E-state index in [1.807, 2.05) is 18.2 Å². The lowest BCUT2D eigenvalue weighted by atomic mass is 10.1. The van der Waals surface area contributed by atoms with Gasteiger partial charge in [0.15, 0.2) is 0 Å². The lowest BCUT2D eigenvalue weighted by molar-refractivity contribution is -0.121. The predicted molar refractivity (Wildman–Crippen MR) is 78.7 cm³/mol. The van der Waals surface area contributed by atoms with E-state index in [0.29, 0.717) is 18.8 Å². The Morgan fingerprint density at radius 2 is 2.35 bits per heavy atom. The summed E-state index contributed by atoms with van der Waals surface area (Å²) in [5.41, 5.74) is 1.13. The van der Waals surface area contributed by atoms with E-state index in [0.717, 1.165) is 36.3 Å². The molecular formula is C15H20ClNO3. The number of hydrogen-bond acceptors (Lipinski definition) is 3. The number of methoxy groups -OCH3 is 1. The van der Waals surface area contributed by atoms with Crippen LogP contribution in [0.15, 0.2) is 18.2 Å². The van der Waals surface area contributed by atoms with Crippen LogP contribution in [0.5, 0.6) is 11.5 Å². The molecule has 0 radical (unpaired) electrons. The monoisotopic (exact) mass is 297 g/mol. The molecule has 1 aliphatic heterocycles. The minimum atomic E-state index is 0.00841. The molecule has 1 aromatic carbocycles. The summed E-state index contributed by atoms with van der Waals surface area (Å²) in [6, 6.07) is 5.78. The van der Waals surface area contributed by atoms with E-state index in [1.165, 1.54) is 0 Å². The average molecular weight is 298 g/mol. The number of nitrogens with one attached hydrogen (secondary N) is 1. The van der Waals surface area contributed by atoms with Crippen LogP contribution in [0.4, 0.5) is 0 Å². The molecule has 0 bridgehead atoms. The van der Waals surface area contributed by atoms with E-state index in [1.54, 1.807) is 7.11 Å². The first-order chi connectivity index (χ1) is 9.72. The Bertz CT molecular complexity index is 464. The molecule has 0 aliphatic carbocycles. The molecule has 2 rings (SSSR count). The van der Waals surface area contributed by atoms with Crippen LogP contribution in [0.1, 0.15) is 24.8 Å². The molecule has 1 atom stereocenters. The van der Waals surface area contributed by atoms with E-state index in [9.17, 15) is 4.79 Å². The molecule has 1 N–H and O–H groups in total. The van der Waals surface area contributed by atoms with Crippen LogP contribution in [-0.4, -0.2) is 31.5 Å². The van der Waals surface area contributed by atoms with Crippen LogP contribution in [0.2, 0.25) is 0 Å². The first-order valence-corrected chi connectivity index (χ1v) is 7.42. The van der Waals surface area contributed by atoms with Gasteiger partial charge in [-0.05, 0) is 31.0 Å². The predicted octanol–water partition coefficient (Wildman–Crippen LogP) is 2.52. The van der Waals surface area contributed by atoms with Crippen molar-refractivity contribution >= 4 is 17.5 Å². The van der Waals surface area contributed by atoms with Gasteiger partial charge in [-0.3, -0.25) is 4.79 Å². The fourth-order valence-electron chi connectivity index (χ4n) is 2.23. The minimum absolute atomic E-state index is 0.00841.